The summed E-state index contributed by atoms with van der Waals surface area (Å²) < 4.78 is 13.3. The van der Waals surface area contributed by atoms with Crippen LogP contribution in [0.25, 0.3) is 0 Å². The largest absolute Gasteiger partial charge is 0.357 e. The summed E-state index contributed by atoms with van der Waals surface area (Å²) in [5.74, 6) is 0.559. The molecule has 1 aromatic carbocycles. The van der Waals surface area contributed by atoms with Gasteiger partial charge in [0.2, 0.25) is 5.91 Å². The number of amides is 1. The molecule has 1 aliphatic rings. The van der Waals surface area contributed by atoms with Crippen LogP contribution in [0.2, 0.25) is 0 Å². The van der Waals surface area contributed by atoms with Crippen molar-refractivity contribution in [3.8, 4) is 0 Å². The zero-order valence-corrected chi connectivity index (χ0v) is 18.7. The van der Waals surface area contributed by atoms with E-state index in [1.54, 1.807) is 6.07 Å². The summed E-state index contributed by atoms with van der Waals surface area (Å²) in [6.07, 6.45) is 6.26. The monoisotopic (exact) mass is 490 g/mol. The second kappa shape index (κ2) is 12.9. The summed E-state index contributed by atoms with van der Waals surface area (Å²) in [6, 6.07) is 6.90. The van der Waals surface area contributed by atoms with E-state index in [1.807, 2.05) is 24.9 Å². The van der Waals surface area contributed by atoms with Crippen LogP contribution in [-0.4, -0.2) is 42.9 Å². The van der Waals surface area contributed by atoms with Gasteiger partial charge in [-0.05, 0) is 37.5 Å². The fraction of sp³-hybridized carbons (Fsp3) is 0.600. The van der Waals surface area contributed by atoms with Crippen molar-refractivity contribution in [1.29, 1.82) is 0 Å². The van der Waals surface area contributed by atoms with Gasteiger partial charge in [0.1, 0.15) is 5.82 Å². The summed E-state index contributed by atoms with van der Waals surface area (Å²) in [5, 5.41) is 6.34. The lowest BCUT2D eigenvalue weighted by molar-refractivity contribution is -0.121. The summed E-state index contributed by atoms with van der Waals surface area (Å²) in [5.41, 5.74) is 0.883. The first-order valence-electron chi connectivity index (χ1n) is 9.61. The van der Waals surface area contributed by atoms with Gasteiger partial charge in [-0.25, -0.2) is 4.39 Å². The molecule has 0 heterocycles. The van der Waals surface area contributed by atoms with Crippen LogP contribution in [0, 0.1) is 5.82 Å². The minimum absolute atomic E-state index is 0. The number of nitrogens with zero attached hydrogens (tertiary/aromatic N) is 2. The van der Waals surface area contributed by atoms with E-state index >= 15 is 0 Å². The molecular formula is C20H32FIN4O. The second-order valence-corrected chi connectivity index (χ2v) is 6.87. The Morgan fingerprint density at radius 3 is 2.70 bits per heavy atom. The summed E-state index contributed by atoms with van der Waals surface area (Å²) in [7, 11) is 1.91. The van der Waals surface area contributed by atoms with Crippen molar-refractivity contribution in [2.45, 2.75) is 58.0 Å². The Hall–Kier alpha value is -1.38. The molecule has 1 fully saturated rings. The molecule has 152 valence electrons. The van der Waals surface area contributed by atoms with Gasteiger partial charge in [-0.2, -0.15) is 0 Å². The summed E-state index contributed by atoms with van der Waals surface area (Å²) >= 11 is 0. The van der Waals surface area contributed by atoms with Crippen molar-refractivity contribution >= 4 is 35.8 Å². The van der Waals surface area contributed by atoms with E-state index in [9.17, 15) is 9.18 Å². The highest BCUT2D eigenvalue weighted by molar-refractivity contribution is 14.0. The third kappa shape index (κ3) is 8.90. The SMILES string of the molecule is CCNC(=NCCC(=O)NC1CCCCC1)N(C)Cc1cccc(F)c1.I. The first-order chi connectivity index (χ1) is 12.6. The first-order valence-corrected chi connectivity index (χ1v) is 9.61. The quantitative estimate of drug-likeness (QED) is 0.349. The fourth-order valence-electron chi connectivity index (χ4n) is 3.26. The molecule has 1 aromatic rings. The highest BCUT2D eigenvalue weighted by Crippen LogP contribution is 2.17. The van der Waals surface area contributed by atoms with E-state index < -0.39 is 0 Å². The zero-order chi connectivity index (χ0) is 18.8. The molecule has 7 heteroatoms. The van der Waals surface area contributed by atoms with Crippen molar-refractivity contribution in [3.05, 3.63) is 35.6 Å². The number of rotatable bonds is 7. The number of hydrogen-bond donors (Lipinski definition) is 2. The number of benzene rings is 1. The van der Waals surface area contributed by atoms with Crippen LogP contribution in [0.5, 0.6) is 0 Å². The average Bonchev–Trinajstić information content (AvgIpc) is 2.62. The number of carbonyl (C=O) groups excluding carboxylic acids is 1. The lowest BCUT2D eigenvalue weighted by Crippen LogP contribution is -2.39. The van der Waals surface area contributed by atoms with Gasteiger partial charge in [0.05, 0.1) is 6.54 Å². The standard InChI is InChI=1S/C20H31FN4O.HI/c1-3-22-20(25(2)15-16-8-7-9-17(21)14-16)23-13-12-19(26)24-18-10-5-4-6-11-18;/h7-9,14,18H,3-6,10-13,15H2,1-2H3,(H,22,23)(H,24,26);1H. The highest BCUT2D eigenvalue weighted by Gasteiger charge is 2.15. The summed E-state index contributed by atoms with van der Waals surface area (Å²) in [6.45, 7) is 3.73. The Balaban J connectivity index is 0.00000364. The maximum atomic E-state index is 13.3. The Kier molecular flexibility index (Phi) is 11.3. The molecule has 0 saturated heterocycles. The van der Waals surface area contributed by atoms with Gasteiger partial charge in [-0.1, -0.05) is 31.4 Å². The van der Waals surface area contributed by atoms with Crippen LogP contribution < -0.4 is 10.6 Å². The number of aliphatic imine (C=N–C) groups is 1. The van der Waals surface area contributed by atoms with E-state index in [0.717, 1.165) is 30.9 Å². The number of guanidine groups is 1. The number of hydrogen-bond acceptors (Lipinski definition) is 2. The second-order valence-electron chi connectivity index (χ2n) is 6.87. The number of carbonyl (C=O) groups is 1. The molecule has 0 aromatic heterocycles. The molecule has 1 saturated carbocycles. The van der Waals surface area contributed by atoms with Crippen LogP contribution in [0.15, 0.2) is 29.3 Å². The van der Waals surface area contributed by atoms with Crippen molar-refractivity contribution < 1.29 is 9.18 Å². The molecule has 0 bridgehead atoms. The van der Waals surface area contributed by atoms with E-state index in [-0.39, 0.29) is 35.7 Å². The molecule has 0 unspecified atom stereocenters. The van der Waals surface area contributed by atoms with Crippen LogP contribution in [0.1, 0.15) is 51.0 Å². The lowest BCUT2D eigenvalue weighted by Gasteiger charge is -2.23. The van der Waals surface area contributed by atoms with Crippen LogP contribution in [-0.2, 0) is 11.3 Å². The Labute approximate surface area is 179 Å². The van der Waals surface area contributed by atoms with E-state index in [2.05, 4.69) is 15.6 Å². The fourth-order valence-corrected chi connectivity index (χ4v) is 3.26. The van der Waals surface area contributed by atoms with Gasteiger partial charge in [0, 0.05) is 32.6 Å². The van der Waals surface area contributed by atoms with Gasteiger partial charge >= 0.3 is 0 Å². The van der Waals surface area contributed by atoms with E-state index in [1.165, 1.54) is 31.4 Å². The molecule has 5 nitrogen and oxygen atoms in total. The van der Waals surface area contributed by atoms with Crippen molar-refractivity contribution in [1.82, 2.24) is 15.5 Å². The molecule has 1 aliphatic carbocycles. The van der Waals surface area contributed by atoms with Gasteiger partial charge in [-0.15, -0.1) is 24.0 Å². The molecule has 2 N–H and O–H groups in total. The molecule has 2 rings (SSSR count). The third-order valence-corrected chi connectivity index (χ3v) is 4.58. The normalized spacial score (nSPS) is 15.0. The van der Waals surface area contributed by atoms with E-state index in [4.69, 9.17) is 0 Å². The maximum Gasteiger partial charge on any atom is 0.222 e. The molecule has 0 aliphatic heterocycles. The van der Waals surface area contributed by atoms with E-state index in [0.29, 0.717) is 25.6 Å². The average molecular weight is 490 g/mol. The minimum atomic E-state index is -0.239. The maximum absolute atomic E-state index is 13.3. The molecule has 0 radical (unpaired) electrons. The first kappa shape index (κ1) is 23.7. The van der Waals surface area contributed by atoms with Gasteiger partial charge in [-0.3, -0.25) is 9.79 Å². The minimum Gasteiger partial charge on any atom is -0.357 e. The predicted octanol–water partition coefficient (Wildman–Crippen LogP) is 3.68. The lowest BCUT2D eigenvalue weighted by atomic mass is 9.95. The molecule has 0 atom stereocenters. The van der Waals surface area contributed by atoms with Gasteiger partial charge in [0.25, 0.3) is 0 Å². The van der Waals surface area contributed by atoms with Crippen molar-refractivity contribution in [2.24, 2.45) is 4.99 Å². The third-order valence-electron chi connectivity index (χ3n) is 4.58. The van der Waals surface area contributed by atoms with Crippen molar-refractivity contribution in [3.63, 3.8) is 0 Å². The Bertz CT molecular complexity index is 605. The topological polar surface area (TPSA) is 56.7 Å². The zero-order valence-electron chi connectivity index (χ0n) is 16.3. The van der Waals surface area contributed by atoms with Gasteiger partial charge in [0.15, 0.2) is 5.96 Å². The molecule has 0 spiro atoms. The van der Waals surface area contributed by atoms with Crippen LogP contribution in [0.4, 0.5) is 4.39 Å². The molecule has 27 heavy (non-hydrogen) atoms. The Morgan fingerprint density at radius 1 is 1.30 bits per heavy atom. The smallest absolute Gasteiger partial charge is 0.222 e. The van der Waals surface area contributed by atoms with Crippen LogP contribution in [0.3, 0.4) is 0 Å². The summed E-state index contributed by atoms with van der Waals surface area (Å²) in [4.78, 5) is 18.6. The van der Waals surface area contributed by atoms with Crippen LogP contribution >= 0.6 is 24.0 Å². The molecule has 1 amide bonds. The molecular weight excluding hydrogens is 458 g/mol. The highest BCUT2D eigenvalue weighted by atomic mass is 127. The Morgan fingerprint density at radius 2 is 2.04 bits per heavy atom. The number of nitrogens with one attached hydrogen (secondary N) is 2. The van der Waals surface area contributed by atoms with Crippen molar-refractivity contribution in [2.75, 3.05) is 20.1 Å². The number of halogens is 2. The van der Waals surface area contributed by atoms with Gasteiger partial charge < -0.3 is 15.5 Å². The predicted molar refractivity (Wildman–Crippen MR) is 119 cm³/mol.